The number of aromatic nitrogens is 3. The summed E-state index contributed by atoms with van der Waals surface area (Å²) in [4.78, 5) is 4.14. The van der Waals surface area contributed by atoms with E-state index in [1.165, 1.54) is 0 Å². The molecule has 84 valence electrons. The average molecular weight is 275 g/mol. The number of rotatable bonds is 3. The molecule has 0 aromatic carbocycles. The fourth-order valence-electron chi connectivity index (χ4n) is 1.22. The van der Waals surface area contributed by atoms with E-state index in [4.69, 9.17) is 23.2 Å². The zero-order valence-electron chi connectivity index (χ0n) is 8.06. The van der Waals surface area contributed by atoms with Crippen molar-refractivity contribution in [3.8, 4) is 0 Å². The highest BCUT2D eigenvalue weighted by Gasteiger charge is 2.05. The zero-order chi connectivity index (χ0) is 11.5. The third kappa shape index (κ3) is 2.61. The molecule has 0 fully saturated rings. The Morgan fingerprint density at radius 1 is 1.44 bits per heavy atom. The van der Waals surface area contributed by atoms with Gasteiger partial charge in [0.2, 0.25) is 0 Å². The van der Waals surface area contributed by atoms with Gasteiger partial charge in [-0.2, -0.15) is 5.10 Å². The van der Waals surface area contributed by atoms with E-state index in [-0.39, 0.29) is 0 Å². The third-order valence-electron chi connectivity index (χ3n) is 1.95. The van der Waals surface area contributed by atoms with Crippen LogP contribution in [0.1, 0.15) is 5.69 Å². The minimum Gasteiger partial charge on any atom is -0.316 e. The molecule has 7 heteroatoms. The highest BCUT2D eigenvalue weighted by molar-refractivity contribution is 7.81. The van der Waals surface area contributed by atoms with E-state index in [0.717, 1.165) is 5.69 Å². The summed E-state index contributed by atoms with van der Waals surface area (Å²) in [6.07, 6.45) is 3.37. The molecule has 0 spiro atoms. The Hall–Kier alpha value is -0.910. The number of hydrogen-bond acceptors (Lipinski definition) is 4. The van der Waals surface area contributed by atoms with E-state index in [0.29, 0.717) is 22.4 Å². The molecule has 1 N–H and O–H groups in total. The maximum Gasteiger partial charge on any atom is 0.157 e. The zero-order valence-corrected chi connectivity index (χ0v) is 10.5. The SMILES string of the molecule is SNc1ccn(Cc2ncc(Cl)cc2Cl)n1. The van der Waals surface area contributed by atoms with Gasteiger partial charge < -0.3 is 4.72 Å². The quantitative estimate of drug-likeness (QED) is 0.846. The van der Waals surface area contributed by atoms with Gasteiger partial charge >= 0.3 is 0 Å². The van der Waals surface area contributed by atoms with Crippen LogP contribution in [0.3, 0.4) is 0 Å². The number of halogens is 2. The molecule has 0 atom stereocenters. The molecule has 2 aromatic rings. The first-order chi connectivity index (χ1) is 7.69. The summed E-state index contributed by atoms with van der Waals surface area (Å²) < 4.78 is 4.35. The predicted molar refractivity (Wildman–Crippen MR) is 68.2 cm³/mol. The van der Waals surface area contributed by atoms with Gasteiger partial charge in [-0.25, -0.2) is 0 Å². The van der Waals surface area contributed by atoms with Crippen LogP contribution in [0.2, 0.25) is 10.0 Å². The lowest BCUT2D eigenvalue weighted by atomic mass is 10.3. The molecule has 0 aliphatic carbocycles. The summed E-state index contributed by atoms with van der Waals surface area (Å²) in [5.74, 6) is 0.674. The molecule has 0 aliphatic rings. The smallest absolute Gasteiger partial charge is 0.157 e. The Kier molecular flexibility index (Phi) is 3.58. The highest BCUT2D eigenvalue weighted by atomic mass is 35.5. The lowest BCUT2D eigenvalue weighted by Crippen LogP contribution is -2.03. The predicted octanol–water partition coefficient (Wildman–Crippen LogP) is 2.89. The van der Waals surface area contributed by atoms with Crippen molar-refractivity contribution in [1.29, 1.82) is 0 Å². The van der Waals surface area contributed by atoms with E-state index in [1.807, 2.05) is 6.20 Å². The fraction of sp³-hybridized carbons (Fsp3) is 0.111. The number of anilines is 1. The molecule has 0 bridgehead atoms. The van der Waals surface area contributed by atoms with Crippen molar-refractivity contribution >= 4 is 41.8 Å². The lowest BCUT2D eigenvalue weighted by Gasteiger charge is -2.03. The van der Waals surface area contributed by atoms with Crippen molar-refractivity contribution in [3.63, 3.8) is 0 Å². The molecule has 2 aromatic heterocycles. The van der Waals surface area contributed by atoms with Crippen molar-refractivity contribution in [2.45, 2.75) is 6.54 Å². The van der Waals surface area contributed by atoms with Crippen LogP contribution >= 0.6 is 36.0 Å². The van der Waals surface area contributed by atoms with Crippen LogP contribution in [0.25, 0.3) is 0 Å². The van der Waals surface area contributed by atoms with E-state index < -0.39 is 0 Å². The second-order valence-corrected chi connectivity index (χ2v) is 4.16. The van der Waals surface area contributed by atoms with E-state index in [2.05, 4.69) is 27.6 Å². The summed E-state index contributed by atoms with van der Waals surface area (Å²) in [6, 6.07) is 3.46. The Bertz CT molecular complexity index is 500. The Balaban J connectivity index is 2.20. The van der Waals surface area contributed by atoms with E-state index in [1.54, 1.807) is 23.0 Å². The second kappa shape index (κ2) is 4.95. The Morgan fingerprint density at radius 2 is 2.25 bits per heavy atom. The fourth-order valence-corrected chi connectivity index (χ4v) is 1.78. The summed E-state index contributed by atoms with van der Waals surface area (Å²) in [6.45, 7) is 0.492. The van der Waals surface area contributed by atoms with Gasteiger partial charge in [-0.05, 0) is 6.07 Å². The van der Waals surface area contributed by atoms with Crippen LogP contribution in [-0.4, -0.2) is 14.8 Å². The summed E-state index contributed by atoms with van der Waals surface area (Å²) in [7, 11) is 0. The van der Waals surface area contributed by atoms with Gasteiger partial charge in [0.05, 0.1) is 22.3 Å². The van der Waals surface area contributed by atoms with Gasteiger partial charge in [0, 0.05) is 18.5 Å². The summed E-state index contributed by atoms with van der Waals surface area (Å²) in [5.41, 5.74) is 0.722. The molecule has 0 amide bonds. The molecule has 0 unspecified atom stereocenters. The first-order valence-electron chi connectivity index (χ1n) is 4.42. The first kappa shape index (κ1) is 11.6. The molecule has 2 rings (SSSR count). The minimum atomic E-state index is 0.492. The number of hydrogen-bond donors (Lipinski definition) is 2. The monoisotopic (exact) mass is 274 g/mol. The van der Waals surface area contributed by atoms with E-state index in [9.17, 15) is 0 Å². The maximum absolute atomic E-state index is 6.00. The lowest BCUT2D eigenvalue weighted by molar-refractivity contribution is 0.676. The van der Waals surface area contributed by atoms with Gasteiger partial charge in [0.1, 0.15) is 0 Å². The standard InChI is InChI=1S/C9H8Cl2N4S/c10-6-3-7(11)8(12-4-6)5-15-2-1-9(13-15)14-16/h1-4,16H,5H2,(H,13,14). The number of thiol groups is 1. The van der Waals surface area contributed by atoms with Crippen LogP contribution in [0.4, 0.5) is 5.82 Å². The normalized spacial score (nSPS) is 10.4. The van der Waals surface area contributed by atoms with Crippen LogP contribution in [0, 0.1) is 0 Å². The van der Waals surface area contributed by atoms with Gasteiger partial charge in [-0.15, -0.1) is 0 Å². The number of nitrogens with zero attached hydrogens (tertiary/aromatic N) is 3. The van der Waals surface area contributed by atoms with Gasteiger partial charge in [-0.1, -0.05) is 36.0 Å². The van der Waals surface area contributed by atoms with Crippen LogP contribution in [0.5, 0.6) is 0 Å². The van der Waals surface area contributed by atoms with E-state index >= 15 is 0 Å². The van der Waals surface area contributed by atoms with Gasteiger partial charge in [-0.3, -0.25) is 9.67 Å². The maximum atomic E-state index is 6.00. The van der Waals surface area contributed by atoms with Crippen molar-refractivity contribution in [3.05, 3.63) is 40.3 Å². The largest absolute Gasteiger partial charge is 0.316 e. The molecule has 0 radical (unpaired) electrons. The van der Waals surface area contributed by atoms with Crippen molar-refractivity contribution < 1.29 is 0 Å². The highest BCUT2D eigenvalue weighted by Crippen LogP contribution is 2.19. The van der Waals surface area contributed by atoms with Crippen LogP contribution in [-0.2, 0) is 6.54 Å². The number of nitrogens with one attached hydrogen (secondary N) is 1. The first-order valence-corrected chi connectivity index (χ1v) is 5.63. The summed E-state index contributed by atoms with van der Waals surface area (Å²) >= 11 is 15.7. The van der Waals surface area contributed by atoms with Crippen LogP contribution < -0.4 is 4.72 Å². The van der Waals surface area contributed by atoms with Crippen LogP contribution in [0.15, 0.2) is 24.5 Å². The molecular formula is C9H8Cl2N4S. The molecule has 0 aliphatic heterocycles. The Morgan fingerprint density at radius 3 is 2.88 bits per heavy atom. The average Bonchev–Trinajstić information content (AvgIpc) is 2.70. The van der Waals surface area contributed by atoms with Gasteiger partial charge in [0.25, 0.3) is 0 Å². The van der Waals surface area contributed by atoms with Gasteiger partial charge in [0.15, 0.2) is 5.82 Å². The molecule has 2 heterocycles. The second-order valence-electron chi connectivity index (χ2n) is 3.09. The molecular weight excluding hydrogens is 267 g/mol. The van der Waals surface area contributed by atoms with Crippen molar-refractivity contribution in [2.75, 3.05) is 4.72 Å². The molecule has 0 saturated carbocycles. The minimum absolute atomic E-state index is 0.492. The summed E-state index contributed by atoms with van der Waals surface area (Å²) in [5, 5.41) is 5.24. The number of pyridine rings is 1. The molecule has 16 heavy (non-hydrogen) atoms. The topological polar surface area (TPSA) is 42.7 Å². The van der Waals surface area contributed by atoms with Crippen molar-refractivity contribution in [1.82, 2.24) is 14.8 Å². The molecule has 4 nitrogen and oxygen atoms in total. The molecule has 0 saturated heterocycles. The Labute approximate surface area is 108 Å². The third-order valence-corrected chi connectivity index (χ3v) is 2.71. The van der Waals surface area contributed by atoms with Crippen molar-refractivity contribution in [2.24, 2.45) is 0 Å².